The van der Waals surface area contributed by atoms with Gasteiger partial charge in [-0.25, -0.2) is 0 Å². The molecular weight excluding hydrogens is 374 g/mol. The summed E-state index contributed by atoms with van der Waals surface area (Å²) in [5.41, 5.74) is 0.950. The van der Waals surface area contributed by atoms with Crippen LogP contribution in [0.1, 0.15) is 45.5 Å². The van der Waals surface area contributed by atoms with Gasteiger partial charge in [0, 0.05) is 11.7 Å². The number of nitrogens with zero attached hydrogens (tertiary/aromatic N) is 4. The van der Waals surface area contributed by atoms with Crippen molar-refractivity contribution in [2.24, 2.45) is 0 Å². The average molecular weight is 406 g/mol. The predicted octanol–water partition coefficient (Wildman–Crippen LogP) is 3.30. The number of carbonyl (C=O) groups excluding carboxylic acids is 1. The van der Waals surface area contributed by atoms with Gasteiger partial charge in [0.15, 0.2) is 11.0 Å². The molecule has 154 valence electrons. The van der Waals surface area contributed by atoms with Gasteiger partial charge in [-0.2, -0.15) is 0 Å². The van der Waals surface area contributed by atoms with Crippen molar-refractivity contribution >= 4 is 17.7 Å². The first-order valence-corrected chi connectivity index (χ1v) is 10.6. The molecule has 2 rings (SSSR count). The summed E-state index contributed by atoms with van der Waals surface area (Å²) in [7, 11) is 5.72. The lowest BCUT2D eigenvalue weighted by atomic mass is 10.2. The first-order chi connectivity index (χ1) is 13.4. The number of nitrogens with one attached hydrogen (secondary N) is 1. The summed E-state index contributed by atoms with van der Waals surface area (Å²) < 4.78 is 7.31. The highest BCUT2D eigenvalue weighted by atomic mass is 32.2. The molecule has 28 heavy (non-hydrogen) atoms. The van der Waals surface area contributed by atoms with Gasteiger partial charge < -0.3 is 10.1 Å². The van der Waals surface area contributed by atoms with Gasteiger partial charge in [-0.15, -0.1) is 10.2 Å². The van der Waals surface area contributed by atoms with E-state index in [2.05, 4.69) is 34.3 Å². The Labute approximate surface area is 171 Å². The van der Waals surface area contributed by atoms with Crippen LogP contribution in [-0.4, -0.2) is 58.6 Å². The molecule has 8 heteroatoms. The van der Waals surface area contributed by atoms with Crippen LogP contribution in [0.25, 0.3) is 5.69 Å². The molecule has 0 saturated heterocycles. The second-order valence-corrected chi connectivity index (χ2v) is 7.87. The summed E-state index contributed by atoms with van der Waals surface area (Å²) >= 11 is 1.40. The summed E-state index contributed by atoms with van der Waals surface area (Å²) in [6.45, 7) is 6.18. The van der Waals surface area contributed by atoms with Crippen molar-refractivity contribution in [1.29, 1.82) is 0 Å². The van der Waals surface area contributed by atoms with E-state index < -0.39 is 0 Å². The van der Waals surface area contributed by atoms with Crippen LogP contribution < -0.4 is 10.1 Å². The van der Waals surface area contributed by atoms with Crippen molar-refractivity contribution in [1.82, 2.24) is 25.0 Å². The van der Waals surface area contributed by atoms with Gasteiger partial charge in [0.05, 0.1) is 18.9 Å². The van der Waals surface area contributed by atoms with E-state index in [1.54, 1.807) is 7.11 Å². The smallest absolute Gasteiger partial charge is 0.230 e. The lowest BCUT2D eigenvalue weighted by Crippen LogP contribution is -2.33. The highest BCUT2D eigenvalue weighted by Gasteiger charge is 2.23. The molecule has 1 aromatic carbocycles. The fourth-order valence-electron chi connectivity index (χ4n) is 2.89. The Bertz CT molecular complexity index is 760. The van der Waals surface area contributed by atoms with Gasteiger partial charge in [-0.05, 0) is 58.1 Å². The topological polar surface area (TPSA) is 72.3 Å². The summed E-state index contributed by atoms with van der Waals surface area (Å²) in [6, 6.07) is 8.09. The fraction of sp³-hybridized carbons (Fsp3) is 0.550. The lowest BCUT2D eigenvalue weighted by Gasteiger charge is -2.23. The molecule has 1 aromatic heterocycles. The van der Waals surface area contributed by atoms with Gasteiger partial charge >= 0.3 is 0 Å². The van der Waals surface area contributed by atoms with Crippen LogP contribution in [-0.2, 0) is 4.79 Å². The molecule has 1 N–H and O–H groups in total. The summed E-state index contributed by atoms with van der Waals surface area (Å²) in [5, 5.41) is 12.6. The summed E-state index contributed by atoms with van der Waals surface area (Å²) in [4.78, 5) is 14.3. The van der Waals surface area contributed by atoms with Gasteiger partial charge in [-0.1, -0.05) is 25.6 Å². The first-order valence-electron chi connectivity index (χ1n) is 9.59. The SMILES string of the molecule is CCC(C)NC(=O)CSc1nnc(C(CC)N(C)C)n1-c1ccc(OC)cc1. The molecular formula is C20H31N5O2S. The average Bonchev–Trinajstić information content (AvgIpc) is 3.10. The quantitative estimate of drug-likeness (QED) is 0.612. The van der Waals surface area contributed by atoms with Crippen LogP contribution in [0.15, 0.2) is 29.4 Å². The Morgan fingerprint density at radius 2 is 1.89 bits per heavy atom. The van der Waals surface area contributed by atoms with Gasteiger partial charge in [-0.3, -0.25) is 14.3 Å². The highest BCUT2D eigenvalue weighted by Crippen LogP contribution is 2.29. The molecule has 0 spiro atoms. The maximum atomic E-state index is 12.2. The highest BCUT2D eigenvalue weighted by molar-refractivity contribution is 7.99. The minimum atomic E-state index is 0.00447. The van der Waals surface area contributed by atoms with Crippen LogP contribution >= 0.6 is 11.8 Å². The minimum Gasteiger partial charge on any atom is -0.497 e. The van der Waals surface area contributed by atoms with Crippen molar-refractivity contribution in [2.75, 3.05) is 27.0 Å². The van der Waals surface area contributed by atoms with E-state index in [4.69, 9.17) is 4.74 Å². The van der Waals surface area contributed by atoms with Crippen molar-refractivity contribution < 1.29 is 9.53 Å². The normalized spacial score (nSPS) is 13.4. The van der Waals surface area contributed by atoms with Crippen LogP contribution in [0.5, 0.6) is 5.75 Å². The number of hydrogen-bond donors (Lipinski definition) is 1. The Balaban J connectivity index is 2.34. The van der Waals surface area contributed by atoms with E-state index in [0.717, 1.165) is 30.1 Å². The zero-order chi connectivity index (χ0) is 20.7. The molecule has 2 aromatic rings. The lowest BCUT2D eigenvalue weighted by molar-refractivity contribution is -0.119. The zero-order valence-corrected chi connectivity index (χ0v) is 18.4. The predicted molar refractivity (Wildman–Crippen MR) is 113 cm³/mol. The van der Waals surface area contributed by atoms with Crippen molar-refractivity contribution in [3.63, 3.8) is 0 Å². The number of carbonyl (C=O) groups is 1. The number of amides is 1. The number of benzene rings is 1. The molecule has 0 aliphatic rings. The molecule has 1 amide bonds. The number of aromatic nitrogens is 3. The molecule has 2 unspecified atom stereocenters. The Morgan fingerprint density at radius 3 is 2.43 bits per heavy atom. The number of thioether (sulfide) groups is 1. The number of hydrogen-bond acceptors (Lipinski definition) is 6. The van der Waals surface area contributed by atoms with Gasteiger partial charge in [0.1, 0.15) is 5.75 Å². The van der Waals surface area contributed by atoms with E-state index >= 15 is 0 Å². The number of ether oxygens (including phenoxy) is 1. The molecule has 0 aliphatic heterocycles. The Hall–Kier alpha value is -2.06. The molecule has 0 fully saturated rings. The van der Waals surface area contributed by atoms with Crippen molar-refractivity contribution in [3.05, 3.63) is 30.1 Å². The molecule has 0 radical (unpaired) electrons. The van der Waals surface area contributed by atoms with Crippen molar-refractivity contribution in [2.45, 2.75) is 50.9 Å². The third kappa shape index (κ3) is 5.48. The molecule has 1 heterocycles. The monoisotopic (exact) mass is 405 g/mol. The molecule has 0 saturated carbocycles. The molecule has 0 aliphatic carbocycles. The van der Waals surface area contributed by atoms with E-state index in [9.17, 15) is 4.79 Å². The summed E-state index contributed by atoms with van der Waals surface area (Å²) in [6.07, 6.45) is 1.81. The molecule has 2 atom stereocenters. The molecule has 0 bridgehead atoms. The van der Waals surface area contributed by atoms with Crippen LogP contribution in [0, 0.1) is 0 Å². The zero-order valence-electron chi connectivity index (χ0n) is 17.6. The second kappa shape index (κ2) is 10.5. The largest absolute Gasteiger partial charge is 0.497 e. The maximum Gasteiger partial charge on any atom is 0.230 e. The second-order valence-electron chi connectivity index (χ2n) is 6.93. The van der Waals surface area contributed by atoms with Gasteiger partial charge in [0.2, 0.25) is 5.91 Å². The van der Waals surface area contributed by atoms with Crippen molar-refractivity contribution in [3.8, 4) is 11.4 Å². The van der Waals surface area contributed by atoms with E-state index in [1.807, 2.05) is 49.9 Å². The third-order valence-corrected chi connectivity index (χ3v) is 5.58. The summed E-state index contributed by atoms with van der Waals surface area (Å²) in [5.74, 6) is 1.96. The first kappa shape index (κ1) is 22.2. The van der Waals surface area contributed by atoms with Crippen LogP contribution in [0.3, 0.4) is 0 Å². The number of methoxy groups -OCH3 is 1. The molecule has 7 nitrogen and oxygen atoms in total. The standard InChI is InChI=1S/C20H31N5O2S/c1-7-14(3)21-18(26)13-28-20-23-22-19(17(8-2)24(4)5)25(20)15-9-11-16(27-6)12-10-15/h9-12,14,17H,7-8,13H2,1-6H3,(H,21,26). The van der Waals surface area contributed by atoms with E-state index in [0.29, 0.717) is 10.9 Å². The third-order valence-electron chi connectivity index (χ3n) is 4.65. The minimum absolute atomic E-state index is 0.00447. The Morgan fingerprint density at radius 1 is 1.21 bits per heavy atom. The number of rotatable bonds is 10. The van der Waals surface area contributed by atoms with Crippen LogP contribution in [0.2, 0.25) is 0 Å². The fourth-order valence-corrected chi connectivity index (χ4v) is 3.66. The van der Waals surface area contributed by atoms with Crippen LogP contribution in [0.4, 0.5) is 0 Å². The van der Waals surface area contributed by atoms with Gasteiger partial charge in [0.25, 0.3) is 0 Å². The Kier molecular flexibility index (Phi) is 8.32. The maximum absolute atomic E-state index is 12.2. The van der Waals surface area contributed by atoms with E-state index in [-0.39, 0.29) is 18.0 Å². The van der Waals surface area contributed by atoms with E-state index in [1.165, 1.54) is 11.8 Å².